The first kappa shape index (κ1) is 19.7. The van der Waals surface area contributed by atoms with Crippen LogP contribution in [0.2, 0.25) is 5.02 Å². The Morgan fingerprint density at radius 3 is 2.30 bits per heavy atom. The SMILES string of the molecule is COc1ccc(C(O)CC(Nc2cccc(Cl)c2)c2ccc(Br)cc2)cc1. The monoisotopic (exact) mass is 445 g/mol. The van der Waals surface area contributed by atoms with Crippen molar-refractivity contribution in [2.45, 2.75) is 18.6 Å². The number of aliphatic hydroxyl groups excluding tert-OH is 1. The molecule has 0 radical (unpaired) electrons. The van der Waals surface area contributed by atoms with Gasteiger partial charge in [0.2, 0.25) is 0 Å². The third kappa shape index (κ3) is 5.48. The lowest BCUT2D eigenvalue weighted by Gasteiger charge is -2.24. The van der Waals surface area contributed by atoms with Crippen molar-refractivity contribution in [3.8, 4) is 5.75 Å². The molecule has 5 heteroatoms. The van der Waals surface area contributed by atoms with Crippen LogP contribution in [0.1, 0.15) is 29.7 Å². The Morgan fingerprint density at radius 2 is 1.67 bits per heavy atom. The van der Waals surface area contributed by atoms with Crippen molar-refractivity contribution in [2.24, 2.45) is 0 Å². The summed E-state index contributed by atoms with van der Waals surface area (Å²) in [6, 6.07) is 23.1. The first-order chi connectivity index (χ1) is 13.0. The molecule has 27 heavy (non-hydrogen) atoms. The molecule has 0 saturated heterocycles. The minimum absolute atomic E-state index is 0.0753. The van der Waals surface area contributed by atoms with Crippen LogP contribution in [0.25, 0.3) is 0 Å². The molecule has 0 amide bonds. The van der Waals surface area contributed by atoms with Gasteiger partial charge in [-0.1, -0.05) is 57.9 Å². The maximum absolute atomic E-state index is 10.8. The Labute approximate surface area is 173 Å². The molecule has 3 aromatic carbocycles. The zero-order chi connectivity index (χ0) is 19.2. The van der Waals surface area contributed by atoms with Crippen molar-refractivity contribution in [3.05, 3.63) is 93.4 Å². The van der Waals surface area contributed by atoms with Crippen molar-refractivity contribution in [2.75, 3.05) is 12.4 Å². The number of ether oxygens (including phenoxy) is 1. The number of anilines is 1. The molecule has 2 N–H and O–H groups in total. The van der Waals surface area contributed by atoms with E-state index in [9.17, 15) is 5.11 Å². The van der Waals surface area contributed by atoms with Crippen LogP contribution in [0.15, 0.2) is 77.3 Å². The van der Waals surface area contributed by atoms with E-state index in [1.54, 1.807) is 7.11 Å². The smallest absolute Gasteiger partial charge is 0.118 e. The van der Waals surface area contributed by atoms with E-state index in [-0.39, 0.29) is 6.04 Å². The van der Waals surface area contributed by atoms with Crippen LogP contribution in [0, 0.1) is 0 Å². The van der Waals surface area contributed by atoms with Gasteiger partial charge in [0.15, 0.2) is 0 Å². The summed E-state index contributed by atoms with van der Waals surface area (Å²) in [5.74, 6) is 0.771. The maximum Gasteiger partial charge on any atom is 0.118 e. The number of benzene rings is 3. The van der Waals surface area contributed by atoms with E-state index in [2.05, 4.69) is 21.2 Å². The second-order valence-corrected chi connectivity index (χ2v) is 7.64. The quantitative estimate of drug-likeness (QED) is 0.442. The summed E-state index contributed by atoms with van der Waals surface area (Å²) < 4.78 is 6.21. The third-order valence-corrected chi connectivity index (χ3v) is 5.16. The highest BCUT2D eigenvalue weighted by atomic mass is 79.9. The molecule has 0 aliphatic rings. The highest BCUT2D eigenvalue weighted by Crippen LogP contribution is 2.31. The van der Waals surface area contributed by atoms with E-state index in [4.69, 9.17) is 16.3 Å². The van der Waals surface area contributed by atoms with Crippen LogP contribution < -0.4 is 10.1 Å². The number of hydrogen-bond acceptors (Lipinski definition) is 3. The number of methoxy groups -OCH3 is 1. The Balaban J connectivity index is 1.82. The lowest BCUT2D eigenvalue weighted by atomic mass is 9.96. The number of halogens is 2. The average molecular weight is 447 g/mol. The van der Waals surface area contributed by atoms with Gasteiger partial charge < -0.3 is 15.2 Å². The van der Waals surface area contributed by atoms with Crippen LogP contribution >= 0.6 is 27.5 Å². The van der Waals surface area contributed by atoms with Crippen molar-refractivity contribution in [3.63, 3.8) is 0 Å². The maximum atomic E-state index is 10.8. The molecule has 140 valence electrons. The summed E-state index contributed by atoms with van der Waals surface area (Å²) in [4.78, 5) is 0. The van der Waals surface area contributed by atoms with Crippen LogP contribution in [0.4, 0.5) is 5.69 Å². The van der Waals surface area contributed by atoms with Gasteiger partial charge in [-0.25, -0.2) is 0 Å². The predicted octanol–water partition coefficient (Wildman–Crippen LogP) is 6.39. The molecule has 2 atom stereocenters. The Kier molecular flexibility index (Phi) is 6.78. The summed E-state index contributed by atoms with van der Waals surface area (Å²) >= 11 is 9.59. The molecule has 3 nitrogen and oxygen atoms in total. The van der Waals surface area contributed by atoms with Crippen LogP contribution in [0.3, 0.4) is 0 Å². The van der Waals surface area contributed by atoms with Gasteiger partial charge in [0.05, 0.1) is 19.3 Å². The fourth-order valence-corrected chi connectivity index (χ4v) is 3.39. The molecular weight excluding hydrogens is 426 g/mol. The minimum atomic E-state index is -0.615. The van der Waals surface area contributed by atoms with E-state index in [0.29, 0.717) is 11.4 Å². The predicted molar refractivity (Wildman–Crippen MR) is 115 cm³/mol. The fourth-order valence-electron chi connectivity index (χ4n) is 2.94. The van der Waals surface area contributed by atoms with E-state index in [1.807, 2.05) is 72.8 Å². The minimum Gasteiger partial charge on any atom is -0.497 e. The lowest BCUT2D eigenvalue weighted by Crippen LogP contribution is -2.15. The number of rotatable bonds is 7. The first-order valence-corrected chi connectivity index (χ1v) is 9.82. The molecule has 0 saturated carbocycles. The third-order valence-electron chi connectivity index (χ3n) is 4.40. The van der Waals surface area contributed by atoms with Gasteiger partial charge in [0.1, 0.15) is 5.75 Å². The van der Waals surface area contributed by atoms with Gasteiger partial charge in [0, 0.05) is 21.6 Å². The topological polar surface area (TPSA) is 41.5 Å². The van der Waals surface area contributed by atoms with E-state index < -0.39 is 6.10 Å². The molecule has 3 rings (SSSR count). The second kappa shape index (κ2) is 9.27. The summed E-state index contributed by atoms with van der Waals surface area (Å²) in [5, 5.41) is 15.0. The molecule has 0 fully saturated rings. The number of aliphatic hydroxyl groups is 1. The van der Waals surface area contributed by atoms with Gasteiger partial charge >= 0.3 is 0 Å². The molecule has 0 bridgehead atoms. The average Bonchev–Trinajstić information content (AvgIpc) is 2.68. The molecule has 0 spiro atoms. The van der Waals surface area contributed by atoms with Crippen molar-refractivity contribution in [1.82, 2.24) is 0 Å². The molecule has 3 aromatic rings. The highest BCUT2D eigenvalue weighted by Gasteiger charge is 2.18. The summed E-state index contributed by atoms with van der Waals surface area (Å²) in [5.41, 5.74) is 2.86. The van der Waals surface area contributed by atoms with Gasteiger partial charge in [-0.3, -0.25) is 0 Å². The van der Waals surface area contributed by atoms with Crippen molar-refractivity contribution < 1.29 is 9.84 Å². The molecule has 0 aliphatic carbocycles. The number of hydrogen-bond donors (Lipinski definition) is 2. The van der Waals surface area contributed by atoms with Crippen LogP contribution in [-0.4, -0.2) is 12.2 Å². The summed E-state index contributed by atoms with van der Waals surface area (Å²) in [6.07, 6.45) is -0.100. The van der Waals surface area contributed by atoms with Gasteiger partial charge in [-0.15, -0.1) is 0 Å². The summed E-state index contributed by atoms with van der Waals surface area (Å²) in [6.45, 7) is 0. The normalized spacial score (nSPS) is 13.0. The molecule has 0 aliphatic heterocycles. The van der Waals surface area contributed by atoms with E-state index in [0.717, 1.165) is 27.0 Å². The molecular formula is C22H21BrClNO2. The first-order valence-electron chi connectivity index (χ1n) is 8.65. The zero-order valence-corrected chi connectivity index (χ0v) is 17.2. The molecule has 2 unspecified atom stereocenters. The van der Waals surface area contributed by atoms with Crippen molar-refractivity contribution in [1.29, 1.82) is 0 Å². The Morgan fingerprint density at radius 1 is 1.00 bits per heavy atom. The standard InChI is InChI=1S/C22H21BrClNO2/c1-27-20-11-7-16(8-12-20)22(26)14-21(15-5-9-17(23)10-6-15)25-19-4-2-3-18(24)13-19/h2-13,21-22,25-26H,14H2,1H3. The lowest BCUT2D eigenvalue weighted by molar-refractivity contribution is 0.160. The van der Waals surface area contributed by atoms with E-state index in [1.165, 1.54) is 0 Å². The Bertz CT molecular complexity index is 868. The van der Waals surface area contributed by atoms with E-state index >= 15 is 0 Å². The van der Waals surface area contributed by atoms with Gasteiger partial charge in [0.25, 0.3) is 0 Å². The Hall–Kier alpha value is -2.01. The summed E-state index contributed by atoms with van der Waals surface area (Å²) in [7, 11) is 1.63. The van der Waals surface area contributed by atoms with Gasteiger partial charge in [-0.2, -0.15) is 0 Å². The van der Waals surface area contributed by atoms with Gasteiger partial charge in [-0.05, 0) is 53.6 Å². The fraction of sp³-hybridized carbons (Fsp3) is 0.182. The second-order valence-electron chi connectivity index (χ2n) is 6.28. The molecule has 0 aromatic heterocycles. The highest BCUT2D eigenvalue weighted by molar-refractivity contribution is 9.10. The van der Waals surface area contributed by atoms with Crippen LogP contribution in [-0.2, 0) is 0 Å². The molecule has 0 heterocycles. The van der Waals surface area contributed by atoms with Crippen LogP contribution in [0.5, 0.6) is 5.75 Å². The largest absolute Gasteiger partial charge is 0.497 e. The zero-order valence-electron chi connectivity index (χ0n) is 14.9. The number of nitrogens with one attached hydrogen (secondary N) is 1. The van der Waals surface area contributed by atoms with Crippen molar-refractivity contribution >= 4 is 33.2 Å².